The van der Waals surface area contributed by atoms with E-state index in [-0.39, 0.29) is 11.1 Å². The highest BCUT2D eigenvalue weighted by atomic mass is 19.1. The lowest BCUT2D eigenvalue weighted by molar-refractivity contribution is -0.136. The van der Waals surface area contributed by atoms with Crippen LogP contribution >= 0.6 is 0 Å². The van der Waals surface area contributed by atoms with Gasteiger partial charge in [-0.3, -0.25) is 4.79 Å². The van der Waals surface area contributed by atoms with Gasteiger partial charge >= 0.3 is 5.97 Å². The van der Waals surface area contributed by atoms with E-state index in [1.807, 2.05) is 0 Å². The third kappa shape index (κ3) is 3.01. The van der Waals surface area contributed by atoms with Crippen LogP contribution in [-0.2, 0) is 16.9 Å². The van der Waals surface area contributed by atoms with Crippen LogP contribution in [0, 0.1) is 5.82 Å². The Morgan fingerprint density at radius 3 is 2.53 bits per heavy atom. The maximum Gasteiger partial charge on any atom is 0.307 e. The molecular formula is C11H12F2O2. The number of hydrogen-bond donors (Lipinski definition) is 1. The largest absolute Gasteiger partial charge is 0.481 e. The third-order valence-electron chi connectivity index (χ3n) is 2.07. The van der Waals surface area contributed by atoms with Gasteiger partial charge in [-0.2, -0.15) is 0 Å². The van der Waals surface area contributed by atoms with Crippen LogP contribution in [0.2, 0.25) is 0 Å². The lowest BCUT2D eigenvalue weighted by Gasteiger charge is -2.15. The van der Waals surface area contributed by atoms with E-state index in [2.05, 4.69) is 0 Å². The molecule has 1 N–H and O–H groups in total. The molecule has 15 heavy (non-hydrogen) atoms. The Balaban J connectivity index is 3.11. The van der Waals surface area contributed by atoms with Gasteiger partial charge in [0, 0.05) is 0 Å². The van der Waals surface area contributed by atoms with E-state index in [1.165, 1.54) is 26.0 Å². The lowest BCUT2D eigenvalue weighted by atomic mass is 9.97. The van der Waals surface area contributed by atoms with Gasteiger partial charge in [0.1, 0.15) is 11.5 Å². The van der Waals surface area contributed by atoms with Crippen LogP contribution in [0.5, 0.6) is 0 Å². The van der Waals surface area contributed by atoms with Gasteiger partial charge in [0.15, 0.2) is 0 Å². The van der Waals surface area contributed by atoms with E-state index in [9.17, 15) is 13.6 Å². The third-order valence-corrected chi connectivity index (χ3v) is 2.07. The minimum atomic E-state index is -1.60. The van der Waals surface area contributed by atoms with Gasteiger partial charge in [-0.25, -0.2) is 8.78 Å². The first-order valence-electron chi connectivity index (χ1n) is 4.50. The van der Waals surface area contributed by atoms with Crippen molar-refractivity contribution in [3.8, 4) is 0 Å². The number of halogens is 2. The van der Waals surface area contributed by atoms with Gasteiger partial charge in [-0.1, -0.05) is 6.07 Å². The summed E-state index contributed by atoms with van der Waals surface area (Å²) in [5, 5.41) is 8.52. The Morgan fingerprint density at radius 1 is 1.47 bits per heavy atom. The van der Waals surface area contributed by atoms with Crippen LogP contribution < -0.4 is 0 Å². The minimum Gasteiger partial charge on any atom is -0.481 e. The van der Waals surface area contributed by atoms with Crippen LogP contribution in [-0.4, -0.2) is 11.1 Å². The van der Waals surface area contributed by atoms with Crippen molar-refractivity contribution in [3.63, 3.8) is 0 Å². The summed E-state index contributed by atoms with van der Waals surface area (Å²) in [6, 6.07) is 3.67. The fraction of sp³-hybridized carbons (Fsp3) is 0.364. The smallest absolute Gasteiger partial charge is 0.307 e. The summed E-state index contributed by atoms with van der Waals surface area (Å²) in [5.74, 6) is -1.76. The first-order chi connectivity index (χ1) is 6.80. The van der Waals surface area contributed by atoms with Crippen molar-refractivity contribution in [3.05, 3.63) is 35.1 Å². The van der Waals surface area contributed by atoms with Crippen molar-refractivity contribution in [1.29, 1.82) is 0 Å². The monoisotopic (exact) mass is 214 g/mol. The zero-order chi connectivity index (χ0) is 11.6. The van der Waals surface area contributed by atoms with E-state index >= 15 is 0 Å². The molecule has 2 nitrogen and oxygen atoms in total. The molecule has 0 saturated heterocycles. The minimum absolute atomic E-state index is 0.00530. The van der Waals surface area contributed by atoms with Crippen LogP contribution in [0.25, 0.3) is 0 Å². The molecule has 0 heterocycles. The van der Waals surface area contributed by atoms with Crippen molar-refractivity contribution in [1.82, 2.24) is 0 Å². The van der Waals surface area contributed by atoms with Crippen LogP contribution in [0.4, 0.5) is 8.78 Å². The van der Waals surface area contributed by atoms with Gasteiger partial charge in [0.05, 0.1) is 6.42 Å². The molecule has 4 heteroatoms. The molecule has 0 fully saturated rings. The average Bonchev–Trinajstić information content (AvgIpc) is 2.06. The summed E-state index contributed by atoms with van der Waals surface area (Å²) < 4.78 is 26.6. The summed E-state index contributed by atoms with van der Waals surface area (Å²) in [7, 11) is 0. The molecule has 82 valence electrons. The van der Waals surface area contributed by atoms with Gasteiger partial charge in [0.25, 0.3) is 0 Å². The molecule has 0 unspecified atom stereocenters. The zero-order valence-electron chi connectivity index (χ0n) is 8.55. The number of rotatable bonds is 3. The molecule has 1 aromatic carbocycles. The highest BCUT2D eigenvalue weighted by Crippen LogP contribution is 2.26. The van der Waals surface area contributed by atoms with Crippen molar-refractivity contribution in [2.45, 2.75) is 25.9 Å². The van der Waals surface area contributed by atoms with Crippen LogP contribution in [0.3, 0.4) is 0 Å². The number of aliphatic carboxylic acids is 1. The Bertz CT molecular complexity index is 381. The topological polar surface area (TPSA) is 37.3 Å². The van der Waals surface area contributed by atoms with E-state index in [1.54, 1.807) is 0 Å². The molecule has 0 spiro atoms. The van der Waals surface area contributed by atoms with Crippen molar-refractivity contribution in [2.75, 3.05) is 0 Å². The molecule has 0 aliphatic rings. The first-order valence-corrected chi connectivity index (χ1v) is 4.50. The maximum absolute atomic E-state index is 13.5. The lowest BCUT2D eigenvalue weighted by Crippen LogP contribution is -2.11. The molecule has 0 aliphatic carbocycles. The molecule has 0 atom stereocenters. The van der Waals surface area contributed by atoms with E-state index in [4.69, 9.17) is 5.11 Å². The average molecular weight is 214 g/mol. The number of carboxylic acids is 1. The summed E-state index contributed by atoms with van der Waals surface area (Å²) in [6.07, 6.45) is -0.435. The summed E-state index contributed by atoms with van der Waals surface area (Å²) in [6.45, 7) is 2.68. The van der Waals surface area contributed by atoms with Crippen LogP contribution in [0.15, 0.2) is 18.2 Å². The van der Waals surface area contributed by atoms with Crippen molar-refractivity contribution >= 4 is 5.97 Å². The predicted molar refractivity (Wildman–Crippen MR) is 51.9 cm³/mol. The molecule has 0 saturated carbocycles. The second-order valence-corrected chi connectivity index (χ2v) is 3.85. The van der Waals surface area contributed by atoms with E-state index in [0.717, 1.165) is 6.07 Å². The standard InChI is InChI=1S/C11H12F2O2/c1-11(2,13)8-3-4-9(12)7(5-8)6-10(14)15/h3-5H,6H2,1-2H3,(H,14,15). The Hall–Kier alpha value is -1.45. The summed E-state index contributed by atoms with van der Waals surface area (Å²) in [4.78, 5) is 10.4. The fourth-order valence-corrected chi connectivity index (χ4v) is 1.24. The maximum atomic E-state index is 13.5. The SMILES string of the molecule is CC(C)(F)c1ccc(F)c(CC(=O)O)c1. The highest BCUT2D eigenvalue weighted by molar-refractivity contribution is 5.70. The van der Waals surface area contributed by atoms with Crippen molar-refractivity contribution < 1.29 is 18.7 Å². The highest BCUT2D eigenvalue weighted by Gasteiger charge is 2.20. The molecule has 0 radical (unpaired) electrons. The number of alkyl halides is 1. The molecule has 1 aromatic rings. The number of carboxylic acid groups (broad SMARTS) is 1. The van der Waals surface area contributed by atoms with Gasteiger partial charge in [0.2, 0.25) is 0 Å². The number of hydrogen-bond acceptors (Lipinski definition) is 1. The van der Waals surface area contributed by atoms with E-state index in [0.29, 0.717) is 0 Å². The van der Waals surface area contributed by atoms with Gasteiger partial charge < -0.3 is 5.11 Å². The van der Waals surface area contributed by atoms with Gasteiger partial charge in [-0.05, 0) is 37.1 Å². The normalized spacial score (nSPS) is 11.5. The molecule has 0 amide bonds. The molecular weight excluding hydrogens is 202 g/mol. The van der Waals surface area contributed by atoms with E-state index < -0.39 is 23.9 Å². The Morgan fingerprint density at radius 2 is 2.07 bits per heavy atom. The molecule has 0 aliphatic heterocycles. The molecule has 0 aromatic heterocycles. The summed E-state index contributed by atoms with van der Waals surface area (Å²) in [5.41, 5.74) is -1.31. The second-order valence-electron chi connectivity index (χ2n) is 3.85. The zero-order valence-corrected chi connectivity index (χ0v) is 8.55. The molecule has 0 bridgehead atoms. The fourth-order valence-electron chi connectivity index (χ4n) is 1.24. The number of benzene rings is 1. The Kier molecular flexibility index (Phi) is 3.07. The van der Waals surface area contributed by atoms with Gasteiger partial charge in [-0.15, -0.1) is 0 Å². The quantitative estimate of drug-likeness (QED) is 0.839. The summed E-state index contributed by atoms with van der Waals surface area (Å²) >= 11 is 0. The van der Waals surface area contributed by atoms with Crippen molar-refractivity contribution in [2.24, 2.45) is 0 Å². The Labute approximate surface area is 86.5 Å². The predicted octanol–water partition coefficient (Wildman–Crippen LogP) is 2.66. The molecule has 1 rings (SSSR count). The second kappa shape index (κ2) is 3.96. The first kappa shape index (κ1) is 11.6. The number of carbonyl (C=O) groups is 1. The van der Waals surface area contributed by atoms with Crippen LogP contribution in [0.1, 0.15) is 25.0 Å².